The number of fused-ring (bicyclic) bond motifs is 1. The Balaban J connectivity index is 1.50. The van der Waals surface area contributed by atoms with Crippen LogP contribution < -0.4 is 0 Å². The molecule has 0 spiro atoms. The van der Waals surface area contributed by atoms with Gasteiger partial charge in [0.05, 0.1) is 19.8 Å². The number of nitrogens with zero attached hydrogens (tertiary/aromatic N) is 1. The maximum absolute atomic E-state index is 12.3. The number of hydrogen-bond donors (Lipinski definition) is 1. The zero-order valence-electron chi connectivity index (χ0n) is 19.2. The van der Waals surface area contributed by atoms with Gasteiger partial charge in [-0.15, -0.1) is 0 Å². The van der Waals surface area contributed by atoms with E-state index in [0.29, 0.717) is 12.0 Å². The van der Waals surface area contributed by atoms with Crippen molar-refractivity contribution in [3.63, 3.8) is 0 Å². The van der Waals surface area contributed by atoms with Gasteiger partial charge in [0.15, 0.2) is 18.3 Å². The van der Waals surface area contributed by atoms with Gasteiger partial charge in [-0.25, -0.2) is 9.78 Å². The van der Waals surface area contributed by atoms with Gasteiger partial charge in [0, 0.05) is 23.7 Å². The Kier molecular flexibility index (Phi) is 7.17. The van der Waals surface area contributed by atoms with E-state index >= 15 is 0 Å². The molecular formula is C27H27NO7. The van der Waals surface area contributed by atoms with E-state index in [1.54, 1.807) is 12.3 Å². The molecule has 3 heterocycles. The van der Waals surface area contributed by atoms with Crippen molar-refractivity contribution in [1.29, 1.82) is 0 Å². The Hall–Kier alpha value is -3.14. The summed E-state index contributed by atoms with van der Waals surface area (Å²) in [5.41, 5.74) is 2.55. The average molecular weight is 478 g/mol. The highest BCUT2D eigenvalue weighted by atomic mass is 16.8. The van der Waals surface area contributed by atoms with Crippen LogP contribution in [0.15, 0.2) is 79.0 Å². The molecule has 3 aromatic rings. The Morgan fingerprint density at radius 1 is 0.829 bits per heavy atom. The number of methoxy groups -OCH3 is 1. The Labute approximate surface area is 203 Å². The fourth-order valence-electron chi connectivity index (χ4n) is 4.52. The number of aromatic nitrogens is 1. The zero-order chi connectivity index (χ0) is 24.2. The second kappa shape index (κ2) is 10.6. The summed E-state index contributed by atoms with van der Waals surface area (Å²) in [6.45, 7) is -0.248. The Bertz CT molecular complexity index is 1130. The molecule has 0 saturated carbocycles. The normalized spacial score (nSPS) is 28.2. The number of hydrogen-bond acceptors (Lipinski definition) is 8. The van der Waals surface area contributed by atoms with Gasteiger partial charge in [-0.05, 0) is 11.6 Å². The second-order valence-electron chi connectivity index (χ2n) is 8.43. The van der Waals surface area contributed by atoms with Crippen LogP contribution in [0.2, 0.25) is 0 Å². The standard InChI is InChI=1S/C27H27NO7/c1-31-25(30)22-19(13-8-14-28-22)15-20-23-24(35-26(32-20)17-9-4-2-5-10-17)21(16-29)33-27(34-23)18-11-6-3-7-12-18/h2-14,20-21,23-24,26-27,29H,15-16H2,1H3/t20-,21-,23+,24-,26?,27?/m1/s1. The maximum atomic E-state index is 12.3. The number of carbonyl (C=O) groups excluding carboxylic acids is 1. The van der Waals surface area contributed by atoms with Crippen molar-refractivity contribution >= 4 is 5.97 Å². The molecule has 35 heavy (non-hydrogen) atoms. The summed E-state index contributed by atoms with van der Waals surface area (Å²) < 4.78 is 30.1. The SMILES string of the molecule is COC(=O)c1ncccc1C[C@H]1OC(c2ccccc2)O[C@H]2[C@H]1OC(c1ccccc1)O[C@@H]2CO. The molecule has 2 aromatic carbocycles. The monoisotopic (exact) mass is 477 g/mol. The van der Waals surface area contributed by atoms with E-state index in [0.717, 1.165) is 11.1 Å². The van der Waals surface area contributed by atoms with Crippen LogP contribution in [-0.2, 0) is 30.1 Å². The van der Waals surface area contributed by atoms with Crippen LogP contribution in [0.3, 0.4) is 0 Å². The minimum Gasteiger partial charge on any atom is -0.464 e. The molecule has 0 amide bonds. The average Bonchev–Trinajstić information content (AvgIpc) is 2.93. The molecule has 5 rings (SSSR count). The van der Waals surface area contributed by atoms with Crippen LogP contribution in [0.25, 0.3) is 0 Å². The molecule has 8 nitrogen and oxygen atoms in total. The molecule has 0 aliphatic carbocycles. The highest BCUT2D eigenvalue weighted by Gasteiger charge is 2.50. The highest BCUT2D eigenvalue weighted by molar-refractivity contribution is 5.88. The van der Waals surface area contributed by atoms with Gasteiger partial charge < -0.3 is 28.8 Å². The fourth-order valence-corrected chi connectivity index (χ4v) is 4.52. The highest BCUT2D eigenvalue weighted by Crippen LogP contribution is 2.41. The molecule has 6 atom stereocenters. The summed E-state index contributed by atoms with van der Waals surface area (Å²) in [6.07, 6.45) is -1.85. The van der Waals surface area contributed by atoms with Crippen molar-refractivity contribution in [2.75, 3.05) is 13.7 Å². The molecule has 1 aromatic heterocycles. The van der Waals surface area contributed by atoms with E-state index < -0.39 is 43.0 Å². The number of aliphatic hydroxyl groups is 1. The number of ether oxygens (including phenoxy) is 5. The van der Waals surface area contributed by atoms with E-state index in [1.165, 1.54) is 7.11 Å². The smallest absolute Gasteiger partial charge is 0.356 e. The zero-order valence-corrected chi connectivity index (χ0v) is 19.2. The molecule has 2 aliphatic rings. The molecule has 2 aliphatic heterocycles. The van der Waals surface area contributed by atoms with Crippen LogP contribution in [0.1, 0.15) is 39.8 Å². The van der Waals surface area contributed by atoms with E-state index in [2.05, 4.69) is 4.98 Å². The molecular weight excluding hydrogens is 450 g/mol. The van der Waals surface area contributed by atoms with Gasteiger partial charge in [0.1, 0.15) is 18.3 Å². The van der Waals surface area contributed by atoms with Crippen LogP contribution in [0.5, 0.6) is 0 Å². The van der Waals surface area contributed by atoms with E-state index in [4.69, 9.17) is 23.7 Å². The lowest BCUT2D eigenvalue weighted by Crippen LogP contribution is -2.59. The topological polar surface area (TPSA) is 96.3 Å². The third-order valence-electron chi connectivity index (χ3n) is 6.23. The van der Waals surface area contributed by atoms with Crippen LogP contribution in [-0.4, -0.2) is 54.2 Å². The molecule has 0 radical (unpaired) electrons. The summed E-state index contributed by atoms with van der Waals surface area (Å²) in [4.78, 5) is 16.6. The van der Waals surface area contributed by atoms with Crippen molar-refractivity contribution in [1.82, 2.24) is 4.98 Å². The molecule has 182 valence electrons. The summed E-state index contributed by atoms with van der Waals surface area (Å²) in [5, 5.41) is 10.2. The van der Waals surface area contributed by atoms with Crippen molar-refractivity contribution in [2.24, 2.45) is 0 Å². The third-order valence-corrected chi connectivity index (χ3v) is 6.23. The first kappa shape index (κ1) is 23.6. The predicted octanol–water partition coefficient (Wildman–Crippen LogP) is 3.37. The second-order valence-corrected chi connectivity index (χ2v) is 8.43. The van der Waals surface area contributed by atoms with Gasteiger partial charge >= 0.3 is 5.97 Å². The molecule has 0 bridgehead atoms. The lowest BCUT2D eigenvalue weighted by molar-refractivity contribution is -0.384. The summed E-state index contributed by atoms with van der Waals surface area (Å²) >= 11 is 0. The lowest BCUT2D eigenvalue weighted by Gasteiger charge is -2.49. The quantitative estimate of drug-likeness (QED) is 0.540. The minimum absolute atomic E-state index is 0.225. The van der Waals surface area contributed by atoms with Gasteiger partial charge in [-0.2, -0.15) is 0 Å². The van der Waals surface area contributed by atoms with Crippen molar-refractivity contribution in [3.8, 4) is 0 Å². The predicted molar refractivity (Wildman–Crippen MR) is 124 cm³/mol. The summed E-state index contributed by atoms with van der Waals surface area (Å²) in [5.74, 6) is -0.521. The third kappa shape index (κ3) is 4.98. The molecule has 1 N–H and O–H groups in total. The van der Waals surface area contributed by atoms with Crippen molar-refractivity contribution in [3.05, 3.63) is 101 Å². The van der Waals surface area contributed by atoms with Crippen LogP contribution in [0.4, 0.5) is 0 Å². The van der Waals surface area contributed by atoms with Gasteiger partial charge in [0.25, 0.3) is 0 Å². The molecule has 2 fully saturated rings. The summed E-state index contributed by atoms with van der Waals surface area (Å²) in [7, 11) is 1.32. The van der Waals surface area contributed by atoms with Gasteiger partial charge in [0.2, 0.25) is 0 Å². The van der Waals surface area contributed by atoms with E-state index in [9.17, 15) is 9.90 Å². The number of esters is 1. The first-order chi connectivity index (χ1) is 17.2. The van der Waals surface area contributed by atoms with Crippen molar-refractivity contribution < 1.29 is 33.6 Å². The van der Waals surface area contributed by atoms with E-state index in [-0.39, 0.29) is 12.3 Å². The Morgan fingerprint density at radius 2 is 1.40 bits per heavy atom. The largest absolute Gasteiger partial charge is 0.464 e. The number of aliphatic hydroxyl groups excluding tert-OH is 1. The first-order valence-corrected chi connectivity index (χ1v) is 11.5. The molecule has 2 unspecified atom stereocenters. The van der Waals surface area contributed by atoms with Crippen LogP contribution in [0, 0.1) is 0 Å². The number of rotatable bonds is 6. The molecule has 2 saturated heterocycles. The van der Waals surface area contributed by atoms with E-state index in [1.807, 2.05) is 66.7 Å². The number of carbonyl (C=O) groups is 1. The Morgan fingerprint density at radius 3 is 1.97 bits per heavy atom. The molecule has 8 heteroatoms. The fraction of sp³-hybridized carbons (Fsp3) is 0.333. The summed E-state index contributed by atoms with van der Waals surface area (Å²) in [6, 6.07) is 22.7. The number of benzene rings is 2. The van der Waals surface area contributed by atoms with Crippen LogP contribution >= 0.6 is 0 Å². The number of pyridine rings is 1. The first-order valence-electron chi connectivity index (χ1n) is 11.5. The van der Waals surface area contributed by atoms with Crippen molar-refractivity contribution in [2.45, 2.75) is 43.4 Å². The maximum Gasteiger partial charge on any atom is 0.356 e. The van der Waals surface area contributed by atoms with Gasteiger partial charge in [-0.3, -0.25) is 0 Å². The van der Waals surface area contributed by atoms with Gasteiger partial charge in [-0.1, -0.05) is 66.7 Å². The minimum atomic E-state index is -0.702. The lowest BCUT2D eigenvalue weighted by atomic mass is 9.93.